The lowest BCUT2D eigenvalue weighted by atomic mass is 9.99. The molecule has 0 unspecified atom stereocenters. The van der Waals surface area contributed by atoms with Crippen LogP contribution in [0, 0.1) is 0 Å². The van der Waals surface area contributed by atoms with E-state index in [1.54, 1.807) is 0 Å². The lowest BCUT2D eigenvalue weighted by Crippen LogP contribution is -2.00. The van der Waals surface area contributed by atoms with Crippen LogP contribution in [0.4, 0.5) is 0 Å². The van der Waals surface area contributed by atoms with Crippen LogP contribution in [0.25, 0.3) is 117 Å². The molecule has 0 aliphatic carbocycles. The third kappa shape index (κ3) is 6.06. The number of rotatable bonds is 7. The van der Waals surface area contributed by atoms with Gasteiger partial charge in [0.05, 0.1) is 16.6 Å². The van der Waals surface area contributed by atoms with E-state index in [1.807, 2.05) is 36.4 Å². The molecular weight excluding hydrogens is 757 g/mol. The molecule has 0 spiro atoms. The predicted molar refractivity (Wildman–Crippen MR) is 254 cm³/mol. The summed E-state index contributed by atoms with van der Waals surface area (Å²) >= 11 is 0. The molecule has 0 aliphatic heterocycles. The highest BCUT2D eigenvalue weighted by Crippen LogP contribution is 2.43. The Morgan fingerprint density at radius 2 is 0.758 bits per heavy atom. The van der Waals surface area contributed by atoms with Gasteiger partial charge in [0, 0.05) is 38.4 Å². The molecule has 12 rings (SSSR count). The SMILES string of the molecule is c1ccc(-c2ccc(-c3nc(-c4ccccc4)nc(-c4cccc5c4oc4c5ccc5c6ccccc6n(-c6ccc(-c7cccc(-c8ccccc8)c7)cc6)c54)n3)cc2)cc1. The second kappa shape index (κ2) is 14.7. The summed E-state index contributed by atoms with van der Waals surface area (Å²) in [7, 11) is 0. The normalized spacial score (nSPS) is 11.5. The first kappa shape index (κ1) is 35.5. The highest BCUT2D eigenvalue weighted by molar-refractivity contribution is 6.22. The fourth-order valence-electron chi connectivity index (χ4n) is 8.84. The standard InChI is InChI=1S/C57H36N4O/c1-4-14-37(15-5-1)39-26-28-42(29-27-39)56-58-55(41-18-8-3-9-19-41)59-57(60-56)50-24-13-23-48-49-35-34-47-46-22-10-11-25-51(46)61(52(47)54(49)62-53(48)50)45-32-30-40(31-33-45)44-21-12-20-43(36-44)38-16-6-2-7-17-38/h1-36H. The van der Waals surface area contributed by atoms with E-state index in [0.717, 1.165) is 82.8 Å². The van der Waals surface area contributed by atoms with Crippen LogP contribution >= 0.6 is 0 Å². The van der Waals surface area contributed by atoms with Gasteiger partial charge in [0.2, 0.25) is 0 Å². The van der Waals surface area contributed by atoms with E-state index >= 15 is 0 Å². The average molecular weight is 793 g/mol. The van der Waals surface area contributed by atoms with Crippen molar-refractivity contribution in [2.45, 2.75) is 0 Å². The van der Waals surface area contributed by atoms with Crippen LogP contribution in [0.1, 0.15) is 0 Å². The zero-order chi connectivity index (χ0) is 41.0. The van der Waals surface area contributed by atoms with E-state index in [1.165, 1.54) is 16.7 Å². The molecule has 0 amide bonds. The lowest BCUT2D eigenvalue weighted by Gasteiger charge is -2.10. The second-order valence-electron chi connectivity index (χ2n) is 15.6. The number of hydrogen-bond donors (Lipinski definition) is 0. The average Bonchev–Trinajstić information content (AvgIpc) is 3.91. The van der Waals surface area contributed by atoms with Crippen molar-refractivity contribution >= 4 is 43.7 Å². The molecule has 0 saturated carbocycles. The first-order valence-corrected chi connectivity index (χ1v) is 20.8. The van der Waals surface area contributed by atoms with Gasteiger partial charge in [-0.15, -0.1) is 0 Å². The van der Waals surface area contributed by atoms with E-state index in [4.69, 9.17) is 19.4 Å². The number of para-hydroxylation sites is 2. The Balaban J connectivity index is 1.01. The maximum Gasteiger partial charge on any atom is 0.167 e. The van der Waals surface area contributed by atoms with Crippen LogP contribution in [0.15, 0.2) is 223 Å². The smallest absolute Gasteiger partial charge is 0.167 e. The fourth-order valence-corrected chi connectivity index (χ4v) is 8.84. The van der Waals surface area contributed by atoms with Crippen molar-refractivity contribution in [1.29, 1.82) is 0 Å². The third-order valence-electron chi connectivity index (χ3n) is 11.9. The fraction of sp³-hybridized carbons (Fsp3) is 0. The molecule has 9 aromatic carbocycles. The number of aromatic nitrogens is 4. The number of benzene rings is 9. The van der Waals surface area contributed by atoms with Gasteiger partial charge in [-0.2, -0.15) is 0 Å². The van der Waals surface area contributed by atoms with Crippen molar-refractivity contribution in [3.05, 3.63) is 218 Å². The molecular formula is C57H36N4O. The van der Waals surface area contributed by atoms with E-state index in [9.17, 15) is 0 Å². The van der Waals surface area contributed by atoms with Gasteiger partial charge in [0.25, 0.3) is 0 Å². The van der Waals surface area contributed by atoms with Crippen LogP contribution in [-0.2, 0) is 0 Å². The van der Waals surface area contributed by atoms with Crippen molar-refractivity contribution in [2.75, 3.05) is 0 Å². The Labute approximate surface area is 357 Å². The summed E-state index contributed by atoms with van der Waals surface area (Å²) in [5.41, 5.74) is 14.4. The minimum Gasteiger partial charge on any atom is -0.453 e. The summed E-state index contributed by atoms with van der Waals surface area (Å²) < 4.78 is 9.47. The maximum atomic E-state index is 7.13. The monoisotopic (exact) mass is 792 g/mol. The summed E-state index contributed by atoms with van der Waals surface area (Å²) in [6.45, 7) is 0. The van der Waals surface area contributed by atoms with E-state index in [2.05, 4.69) is 187 Å². The molecule has 12 aromatic rings. The molecule has 3 aromatic heterocycles. The Hall–Kier alpha value is -8.41. The van der Waals surface area contributed by atoms with Crippen molar-refractivity contribution in [1.82, 2.24) is 19.5 Å². The molecule has 0 fully saturated rings. The molecule has 0 atom stereocenters. The Bertz CT molecular complexity index is 3590. The molecule has 62 heavy (non-hydrogen) atoms. The second-order valence-corrected chi connectivity index (χ2v) is 15.6. The van der Waals surface area contributed by atoms with Gasteiger partial charge >= 0.3 is 0 Å². The van der Waals surface area contributed by atoms with Crippen LogP contribution in [0.5, 0.6) is 0 Å². The molecule has 3 heterocycles. The van der Waals surface area contributed by atoms with Gasteiger partial charge in [-0.1, -0.05) is 182 Å². The third-order valence-corrected chi connectivity index (χ3v) is 11.9. The topological polar surface area (TPSA) is 56.7 Å². The lowest BCUT2D eigenvalue weighted by molar-refractivity contribution is 0.671. The molecule has 0 saturated heterocycles. The maximum absolute atomic E-state index is 7.13. The van der Waals surface area contributed by atoms with Gasteiger partial charge in [-0.25, -0.2) is 15.0 Å². The molecule has 0 aliphatic rings. The van der Waals surface area contributed by atoms with E-state index in [-0.39, 0.29) is 0 Å². The van der Waals surface area contributed by atoms with Gasteiger partial charge in [0.1, 0.15) is 5.58 Å². The summed E-state index contributed by atoms with van der Waals surface area (Å²) in [5, 5.41) is 4.32. The first-order valence-electron chi connectivity index (χ1n) is 20.8. The van der Waals surface area contributed by atoms with Gasteiger partial charge in [-0.05, 0) is 69.8 Å². The van der Waals surface area contributed by atoms with Gasteiger partial charge < -0.3 is 8.98 Å². The minimum absolute atomic E-state index is 0.550. The summed E-state index contributed by atoms with van der Waals surface area (Å²) in [6, 6.07) is 76.3. The predicted octanol–water partition coefficient (Wildman–Crippen LogP) is 14.9. The number of fused-ring (bicyclic) bond motifs is 7. The molecule has 0 N–H and O–H groups in total. The minimum atomic E-state index is 0.550. The van der Waals surface area contributed by atoms with E-state index < -0.39 is 0 Å². The summed E-state index contributed by atoms with van der Waals surface area (Å²) in [6.07, 6.45) is 0. The van der Waals surface area contributed by atoms with Gasteiger partial charge in [-0.3, -0.25) is 0 Å². The zero-order valence-electron chi connectivity index (χ0n) is 33.5. The van der Waals surface area contributed by atoms with Crippen molar-refractivity contribution in [3.8, 4) is 73.2 Å². The summed E-state index contributed by atoms with van der Waals surface area (Å²) in [4.78, 5) is 15.3. The zero-order valence-corrected chi connectivity index (χ0v) is 33.5. The molecule has 5 heteroatoms. The van der Waals surface area contributed by atoms with Crippen LogP contribution < -0.4 is 0 Å². The Morgan fingerprint density at radius 1 is 0.306 bits per heavy atom. The van der Waals surface area contributed by atoms with Crippen molar-refractivity contribution in [3.63, 3.8) is 0 Å². The van der Waals surface area contributed by atoms with Crippen molar-refractivity contribution in [2.24, 2.45) is 0 Å². The van der Waals surface area contributed by atoms with Crippen LogP contribution in [0.2, 0.25) is 0 Å². The van der Waals surface area contributed by atoms with Crippen molar-refractivity contribution < 1.29 is 4.42 Å². The highest BCUT2D eigenvalue weighted by Gasteiger charge is 2.22. The molecule has 5 nitrogen and oxygen atoms in total. The molecule has 0 bridgehead atoms. The van der Waals surface area contributed by atoms with Crippen LogP contribution in [0.3, 0.4) is 0 Å². The Morgan fingerprint density at radius 3 is 1.45 bits per heavy atom. The quantitative estimate of drug-likeness (QED) is 0.161. The van der Waals surface area contributed by atoms with E-state index in [0.29, 0.717) is 17.5 Å². The largest absolute Gasteiger partial charge is 0.453 e. The number of furan rings is 1. The first-order chi connectivity index (χ1) is 30.7. The Kier molecular flexibility index (Phi) is 8.42. The number of nitrogens with zero attached hydrogens (tertiary/aromatic N) is 4. The van der Waals surface area contributed by atoms with Gasteiger partial charge in [0.15, 0.2) is 23.1 Å². The highest BCUT2D eigenvalue weighted by atomic mass is 16.3. The molecule has 0 radical (unpaired) electrons. The molecule has 290 valence electrons. The van der Waals surface area contributed by atoms with Crippen LogP contribution in [-0.4, -0.2) is 19.5 Å². The number of hydrogen-bond acceptors (Lipinski definition) is 4. The summed E-state index contributed by atoms with van der Waals surface area (Å²) in [5.74, 6) is 1.75.